The Morgan fingerprint density at radius 2 is 2.25 bits per heavy atom. The molecule has 1 aromatic carbocycles. The summed E-state index contributed by atoms with van der Waals surface area (Å²) < 4.78 is 15.7. The number of imidazole rings is 1. The molecule has 3 rings (SSSR count). The third-order valence-electron chi connectivity index (χ3n) is 4.19. The lowest BCUT2D eigenvalue weighted by atomic mass is 10.0. The average Bonchev–Trinajstić information content (AvgIpc) is 2.94. The van der Waals surface area contributed by atoms with Gasteiger partial charge in [-0.15, -0.1) is 0 Å². The molecule has 2 heterocycles. The number of aromatic nitrogens is 2. The van der Waals surface area contributed by atoms with Crippen molar-refractivity contribution in [2.24, 2.45) is 0 Å². The Bertz CT molecular complexity index is 803. The number of hydrogen-bond donors (Lipinski definition) is 0. The van der Waals surface area contributed by atoms with Crippen molar-refractivity contribution in [3.8, 4) is 0 Å². The van der Waals surface area contributed by atoms with Crippen molar-refractivity contribution in [2.45, 2.75) is 32.7 Å². The molecule has 1 aromatic heterocycles. The fraction of sp³-hybridized carbons (Fsp3) is 0.375. The van der Waals surface area contributed by atoms with Crippen LogP contribution in [0, 0.1) is 22.9 Å². The molecule has 0 atom stereocenters. The van der Waals surface area contributed by atoms with E-state index in [2.05, 4.69) is 4.98 Å². The van der Waals surface area contributed by atoms with E-state index in [4.69, 9.17) is 0 Å². The fourth-order valence-electron chi connectivity index (χ4n) is 3.01. The summed E-state index contributed by atoms with van der Waals surface area (Å²) in [4.78, 5) is 28.0. The SMILES string of the molecule is Cc1nc([N+](=O)[O-])cn1CCC(=O)N1CCCc2cccc(F)c21. The lowest BCUT2D eigenvalue weighted by Crippen LogP contribution is -2.36. The summed E-state index contributed by atoms with van der Waals surface area (Å²) in [6, 6.07) is 4.84. The molecule has 0 spiro atoms. The number of nitrogens with zero attached hydrogens (tertiary/aromatic N) is 4. The molecule has 7 nitrogen and oxygen atoms in total. The first-order chi connectivity index (χ1) is 11.5. The first-order valence-electron chi connectivity index (χ1n) is 7.73. The molecular formula is C16H17FN4O3. The number of para-hydroxylation sites is 1. The van der Waals surface area contributed by atoms with Gasteiger partial charge >= 0.3 is 5.82 Å². The van der Waals surface area contributed by atoms with Gasteiger partial charge in [-0.3, -0.25) is 4.79 Å². The highest BCUT2D eigenvalue weighted by atomic mass is 19.1. The summed E-state index contributed by atoms with van der Waals surface area (Å²) in [5.74, 6) is -0.360. The molecule has 1 aliphatic rings. The number of amides is 1. The summed E-state index contributed by atoms with van der Waals surface area (Å²) >= 11 is 0. The van der Waals surface area contributed by atoms with Gasteiger partial charge in [-0.2, -0.15) is 0 Å². The van der Waals surface area contributed by atoms with Gasteiger partial charge < -0.3 is 19.6 Å². The molecule has 0 radical (unpaired) electrons. The van der Waals surface area contributed by atoms with Crippen molar-refractivity contribution in [3.05, 3.63) is 51.7 Å². The first-order valence-corrected chi connectivity index (χ1v) is 7.73. The lowest BCUT2D eigenvalue weighted by Gasteiger charge is -2.30. The van der Waals surface area contributed by atoms with E-state index in [1.807, 2.05) is 6.07 Å². The van der Waals surface area contributed by atoms with Gasteiger partial charge in [0.2, 0.25) is 11.7 Å². The predicted molar refractivity (Wildman–Crippen MR) is 85.3 cm³/mol. The van der Waals surface area contributed by atoms with Crippen LogP contribution >= 0.6 is 0 Å². The summed E-state index contributed by atoms with van der Waals surface area (Å²) in [7, 11) is 0. The third-order valence-corrected chi connectivity index (χ3v) is 4.19. The van der Waals surface area contributed by atoms with Crippen LogP contribution in [0.2, 0.25) is 0 Å². The van der Waals surface area contributed by atoms with Crippen molar-refractivity contribution in [1.82, 2.24) is 9.55 Å². The smallest absolute Gasteiger partial charge is 0.358 e. The number of carbonyl (C=O) groups excluding carboxylic acids is 1. The quantitative estimate of drug-likeness (QED) is 0.636. The van der Waals surface area contributed by atoms with Gasteiger partial charge in [0, 0.05) is 26.4 Å². The summed E-state index contributed by atoms with van der Waals surface area (Å²) in [5, 5.41) is 10.7. The third kappa shape index (κ3) is 2.99. The molecule has 2 aromatic rings. The average molecular weight is 332 g/mol. The van der Waals surface area contributed by atoms with E-state index in [-0.39, 0.29) is 24.7 Å². The zero-order chi connectivity index (χ0) is 17.3. The molecular weight excluding hydrogens is 315 g/mol. The van der Waals surface area contributed by atoms with Crippen LogP contribution in [0.25, 0.3) is 0 Å². The van der Waals surface area contributed by atoms with Crippen molar-refractivity contribution >= 4 is 17.4 Å². The molecule has 0 saturated heterocycles. The second kappa shape index (κ2) is 6.38. The molecule has 0 fully saturated rings. The van der Waals surface area contributed by atoms with Crippen LogP contribution in [0.5, 0.6) is 0 Å². The number of rotatable bonds is 4. The van der Waals surface area contributed by atoms with Gasteiger partial charge in [0.25, 0.3) is 0 Å². The fourth-order valence-corrected chi connectivity index (χ4v) is 3.01. The molecule has 0 saturated carbocycles. The monoisotopic (exact) mass is 332 g/mol. The molecule has 24 heavy (non-hydrogen) atoms. The standard InChI is InChI=1S/C16H17FN4O3/c1-11-18-14(21(23)24)10-19(11)9-7-15(22)20-8-3-5-12-4-2-6-13(17)16(12)20/h2,4,6,10H,3,5,7-9H2,1H3. The maximum atomic E-state index is 14.1. The van der Waals surface area contributed by atoms with Crippen molar-refractivity contribution in [1.29, 1.82) is 0 Å². The highest BCUT2D eigenvalue weighted by Crippen LogP contribution is 2.30. The predicted octanol–water partition coefficient (Wildman–Crippen LogP) is 2.61. The Morgan fingerprint density at radius 3 is 2.96 bits per heavy atom. The van der Waals surface area contributed by atoms with E-state index in [1.165, 1.54) is 17.2 Å². The van der Waals surface area contributed by atoms with Crippen LogP contribution in [0.4, 0.5) is 15.9 Å². The molecule has 1 amide bonds. The van der Waals surface area contributed by atoms with Gasteiger partial charge in [0.05, 0.1) is 5.69 Å². The molecule has 126 valence electrons. The number of hydrogen-bond acceptors (Lipinski definition) is 4. The molecule has 8 heteroatoms. The van der Waals surface area contributed by atoms with Gasteiger partial charge in [-0.05, 0) is 34.4 Å². The van der Waals surface area contributed by atoms with Crippen molar-refractivity contribution < 1.29 is 14.1 Å². The van der Waals surface area contributed by atoms with Crippen LogP contribution in [0.3, 0.4) is 0 Å². The van der Waals surface area contributed by atoms with Crippen LogP contribution in [0.1, 0.15) is 24.2 Å². The van der Waals surface area contributed by atoms with E-state index in [1.54, 1.807) is 17.6 Å². The van der Waals surface area contributed by atoms with Crippen LogP contribution < -0.4 is 4.90 Å². The van der Waals surface area contributed by atoms with E-state index in [9.17, 15) is 19.3 Å². The van der Waals surface area contributed by atoms with E-state index in [0.717, 1.165) is 18.4 Å². The summed E-state index contributed by atoms with van der Waals surface area (Å²) in [5.41, 5.74) is 1.20. The zero-order valence-electron chi connectivity index (χ0n) is 13.2. The topological polar surface area (TPSA) is 81.3 Å². The molecule has 0 bridgehead atoms. The van der Waals surface area contributed by atoms with Gasteiger partial charge in [-0.1, -0.05) is 12.1 Å². The Balaban J connectivity index is 1.74. The van der Waals surface area contributed by atoms with Crippen LogP contribution in [0.15, 0.2) is 24.4 Å². The second-order valence-electron chi connectivity index (χ2n) is 5.74. The van der Waals surface area contributed by atoms with Gasteiger partial charge in [0.15, 0.2) is 0 Å². The second-order valence-corrected chi connectivity index (χ2v) is 5.74. The Kier molecular flexibility index (Phi) is 4.28. The highest BCUT2D eigenvalue weighted by Gasteiger charge is 2.25. The maximum Gasteiger partial charge on any atom is 0.381 e. The molecule has 0 aliphatic carbocycles. The Morgan fingerprint density at radius 1 is 1.46 bits per heavy atom. The van der Waals surface area contributed by atoms with Crippen LogP contribution in [-0.4, -0.2) is 26.9 Å². The molecule has 1 aliphatic heterocycles. The number of halogens is 1. The Labute approximate surface area is 137 Å². The lowest BCUT2D eigenvalue weighted by molar-refractivity contribution is -0.389. The normalized spacial score (nSPS) is 13.7. The van der Waals surface area contributed by atoms with E-state index < -0.39 is 10.7 Å². The number of nitro groups is 1. The van der Waals surface area contributed by atoms with Crippen molar-refractivity contribution in [2.75, 3.05) is 11.4 Å². The van der Waals surface area contributed by atoms with Gasteiger partial charge in [0.1, 0.15) is 12.0 Å². The van der Waals surface area contributed by atoms with Crippen LogP contribution in [-0.2, 0) is 17.8 Å². The number of benzene rings is 1. The van der Waals surface area contributed by atoms with E-state index >= 15 is 0 Å². The number of anilines is 1. The summed E-state index contributed by atoms with van der Waals surface area (Å²) in [6.07, 6.45) is 2.98. The molecule has 0 N–H and O–H groups in total. The number of fused-ring (bicyclic) bond motifs is 1. The highest BCUT2D eigenvalue weighted by molar-refractivity contribution is 5.94. The zero-order valence-corrected chi connectivity index (χ0v) is 13.2. The maximum absolute atomic E-state index is 14.1. The van der Waals surface area contributed by atoms with Crippen molar-refractivity contribution in [3.63, 3.8) is 0 Å². The van der Waals surface area contributed by atoms with E-state index in [0.29, 0.717) is 18.1 Å². The minimum atomic E-state index is -0.568. The number of aryl methyl sites for hydroxylation is 3. The molecule has 0 unspecified atom stereocenters. The first kappa shape index (κ1) is 16.1. The Hall–Kier alpha value is -2.77. The minimum Gasteiger partial charge on any atom is -0.358 e. The summed E-state index contributed by atoms with van der Waals surface area (Å²) in [6.45, 7) is 2.40. The minimum absolute atomic E-state index is 0.127. The van der Waals surface area contributed by atoms with Gasteiger partial charge in [-0.25, -0.2) is 4.39 Å². The number of carbonyl (C=O) groups is 1. The largest absolute Gasteiger partial charge is 0.381 e.